The first-order valence-electron chi connectivity index (χ1n) is 8.51. The highest BCUT2D eigenvalue weighted by atomic mass is 16.5. The van der Waals surface area contributed by atoms with Crippen molar-refractivity contribution in [3.8, 4) is 5.88 Å². The highest BCUT2D eigenvalue weighted by molar-refractivity contribution is 5.95. The predicted octanol–water partition coefficient (Wildman–Crippen LogP) is 1.68. The number of nitrogen functional groups attached to an aromatic ring is 1. The molecule has 1 aliphatic heterocycles. The Balaban J connectivity index is 1.78. The quantitative estimate of drug-likeness (QED) is 0.824. The number of piperidine rings is 1. The Morgan fingerprint density at radius 3 is 2.88 bits per heavy atom. The Morgan fingerprint density at radius 2 is 2.20 bits per heavy atom. The van der Waals surface area contributed by atoms with Crippen molar-refractivity contribution in [1.82, 2.24) is 19.5 Å². The zero-order valence-corrected chi connectivity index (χ0v) is 14.8. The third-order valence-electron chi connectivity index (χ3n) is 4.22. The summed E-state index contributed by atoms with van der Waals surface area (Å²) in [6, 6.07) is 1.78. The van der Waals surface area contributed by atoms with Crippen LogP contribution in [0.4, 0.5) is 11.8 Å². The van der Waals surface area contributed by atoms with Crippen molar-refractivity contribution in [2.45, 2.75) is 32.8 Å². The SMILES string of the molecule is CC(C)Oc1cc(N2CCCC(C(=O)c3nccn3C)C2)nc(N)n1. The maximum absolute atomic E-state index is 12.7. The molecule has 0 radical (unpaired) electrons. The van der Waals surface area contributed by atoms with Crippen LogP contribution in [0.2, 0.25) is 0 Å². The number of rotatable bonds is 5. The molecule has 0 aromatic carbocycles. The van der Waals surface area contributed by atoms with Crippen molar-refractivity contribution in [3.05, 3.63) is 24.3 Å². The average Bonchev–Trinajstić information content (AvgIpc) is 2.99. The largest absolute Gasteiger partial charge is 0.475 e. The van der Waals surface area contributed by atoms with E-state index in [1.54, 1.807) is 23.0 Å². The molecule has 0 bridgehead atoms. The topological polar surface area (TPSA) is 99.2 Å². The minimum atomic E-state index is -0.111. The van der Waals surface area contributed by atoms with Crippen molar-refractivity contribution >= 4 is 17.5 Å². The smallest absolute Gasteiger partial charge is 0.225 e. The van der Waals surface area contributed by atoms with Gasteiger partial charge in [-0.2, -0.15) is 9.97 Å². The Hall–Kier alpha value is -2.64. The minimum Gasteiger partial charge on any atom is -0.475 e. The van der Waals surface area contributed by atoms with Gasteiger partial charge in [-0.1, -0.05) is 0 Å². The van der Waals surface area contributed by atoms with E-state index in [0.29, 0.717) is 24.1 Å². The molecule has 2 aromatic rings. The second-order valence-electron chi connectivity index (χ2n) is 6.60. The van der Waals surface area contributed by atoms with Gasteiger partial charge in [-0.25, -0.2) is 4.98 Å². The van der Waals surface area contributed by atoms with Crippen molar-refractivity contribution in [3.63, 3.8) is 0 Å². The van der Waals surface area contributed by atoms with Crippen LogP contribution in [-0.2, 0) is 7.05 Å². The summed E-state index contributed by atoms with van der Waals surface area (Å²) in [5, 5.41) is 0. The number of aryl methyl sites for hydroxylation is 1. The fourth-order valence-electron chi connectivity index (χ4n) is 3.08. The molecular weight excluding hydrogens is 320 g/mol. The molecule has 1 unspecified atom stereocenters. The van der Waals surface area contributed by atoms with Gasteiger partial charge in [0.1, 0.15) is 5.82 Å². The van der Waals surface area contributed by atoms with E-state index in [4.69, 9.17) is 10.5 Å². The van der Waals surface area contributed by atoms with Gasteiger partial charge in [-0.15, -0.1) is 0 Å². The van der Waals surface area contributed by atoms with Gasteiger partial charge in [0, 0.05) is 44.5 Å². The molecule has 3 rings (SSSR count). The monoisotopic (exact) mass is 344 g/mol. The van der Waals surface area contributed by atoms with Gasteiger partial charge in [0.2, 0.25) is 17.6 Å². The lowest BCUT2D eigenvalue weighted by Gasteiger charge is -2.32. The van der Waals surface area contributed by atoms with Gasteiger partial charge in [-0.3, -0.25) is 4.79 Å². The fourth-order valence-corrected chi connectivity index (χ4v) is 3.08. The molecule has 0 aliphatic carbocycles. The van der Waals surface area contributed by atoms with Gasteiger partial charge in [0.15, 0.2) is 5.82 Å². The summed E-state index contributed by atoms with van der Waals surface area (Å²) in [5.41, 5.74) is 5.82. The molecule has 25 heavy (non-hydrogen) atoms. The van der Waals surface area contributed by atoms with Crippen molar-refractivity contribution in [2.75, 3.05) is 23.7 Å². The molecule has 2 aromatic heterocycles. The van der Waals surface area contributed by atoms with Crippen molar-refractivity contribution in [2.24, 2.45) is 13.0 Å². The number of hydrogen-bond acceptors (Lipinski definition) is 7. The molecule has 1 saturated heterocycles. The molecule has 3 heterocycles. The van der Waals surface area contributed by atoms with E-state index in [2.05, 4.69) is 19.9 Å². The Labute approximate surface area is 147 Å². The van der Waals surface area contributed by atoms with E-state index in [-0.39, 0.29) is 23.8 Å². The second-order valence-corrected chi connectivity index (χ2v) is 6.60. The Bertz CT molecular complexity index is 757. The number of ether oxygens (including phenoxy) is 1. The lowest BCUT2D eigenvalue weighted by molar-refractivity contribution is 0.0893. The standard InChI is InChI=1S/C17H24N6O2/c1-11(2)25-14-9-13(20-17(18)21-14)23-7-4-5-12(10-23)15(24)16-19-6-8-22(16)3/h6,8-9,11-12H,4-5,7,10H2,1-3H3,(H2,18,20,21). The van der Waals surface area contributed by atoms with E-state index in [0.717, 1.165) is 19.4 Å². The number of ketones is 1. The van der Waals surface area contributed by atoms with Crippen LogP contribution in [0.5, 0.6) is 5.88 Å². The summed E-state index contributed by atoms with van der Waals surface area (Å²) in [6.07, 6.45) is 5.19. The summed E-state index contributed by atoms with van der Waals surface area (Å²) < 4.78 is 7.40. The van der Waals surface area contributed by atoms with Crippen LogP contribution >= 0.6 is 0 Å². The van der Waals surface area contributed by atoms with E-state index < -0.39 is 0 Å². The normalized spacial score (nSPS) is 17.8. The molecule has 1 aliphatic rings. The molecule has 8 nitrogen and oxygen atoms in total. The number of imidazole rings is 1. The number of nitrogens with two attached hydrogens (primary N) is 1. The van der Waals surface area contributed by atoms with E-state index in [1.807, 2.05) is 20.9 Å². The molecule has 0 spiro atoms. The Morgan fingerprint density at radius 1 is 1.40 bits per heavy atom. The number of aromatic nitrogens is 4. The minimum absolute atomic E-state index is 0.00116. The number of hydrogen-bond donors (Lipinski definition) is 1. The molecule has 134 valence electrons. The maximum Gasteiger partial charge on any atom is 0.225 e. The van der Waals surface area contributed by atoms with Gasteiger partial charge >= 0.3 is 0 Å². The summed E-state index contributed by atoms with van der Waals surface area (Å²) in [5.74, 6) is 1.78. The highest BCUT2D eigenvalue weighted by Crippen LogP contribution is 2.26. The average molecular weight is 344 g/mol. The number of nitrogens with zero attached hydrogens (tertiary/aromatic N) is 5. The lowest BCUT2D eigenvalue weighted by Crippen LogP contribution is -2.40. The van der Waals surface area contributed by atoms with Crippen LogP contribution in [-0.4, -0.2) is 44.5 Å². The fraction of sp³-hybridized carbons (Fsp3) is 0.529. The number of Topliss-reactive ketones (excluding diaryl/α,β-unsaturated/α-hetero) is 1. The maximum atomic E-state index is 12.7. The second kappa shape index (κ2) is 7.08. The molecule has 8 heteroatoms. The summed E-state index contributed by atoms with van der Waals surface area (Å²) in [7, 11) is 1.83. The van der Waals surface area contributed by atoms with Gasteiger partial charge in [0.25, 0.3) is 0 Å². The van der Waals surface area contributed by atoms with Crippen molar-refractivity contribution < 1.29 is 9.53 Å². The third-order valence-corrected chi connectivity index (χ3v) is 4.22. The van der Waals surface area contributed by atoms with E-state index >= 15 is 0 Å². The molecule has 0 saturated carbocycles. The molecule has 0 amide bonds. The van der Waals surface area contributed by atoms with E-state index in [1.165, 1.54) is 0 Å². The van der Waals surface area contributed by atoms with Crippen LogP contribution in [0, 0.1) is 5.92 Å². The van der Waals surface area contributed by atoms with Crippen LogP contribution in [0.15, 0.2) is 18.5 Å². The zero-order valence-electron chi connectivity index (χ0n) is 14.8. The van der Waals surface area contributed by atoms with Crippen LogP contribution in [0.3, 0.4) is 0 Å². The summed E-state index contributed by atoms with van der Waals surface area (Å²) >= 11 is 0. The van der Waals surface area contributed by atoms with Crippen LogP contribution in [0.1, 0.15) is 37.3 Å². The number of anilines is 2. The van der Waals surface area contributed by atoms with Crippen molar-refractivity contribution in [1.29, 1.82) is 0 Å². The number of carbonyl (C=O) groups excluding carboxylic acids is 1. The van der Waals surface area contributed by atoms with Crippen LogP contribution in [0.25, 0.3) is 0 Å². The summed E-state index contributed by atoms with van der Waals surface area (Å²) in [6.45, 7) is 5.27. The predicted molar refractivity (Wildman–Crippen MR) is 94.7 cm³/mol. The molecule has 1 atom stereocenters. The molecule has 1 fully saturated rings. The third kappa shape index (κ3) is 3.89. The number of carbonyl (C=O) groups is 1. The van der Waals surface area contributed by atoms with Gasteiger partial charge in [-0.05, 0) is 26.7 Å². The van der Waals surface area contributed by atoms with Gasteiger partial charge < -0.3 is 19.9 Å². The van der Waals surface area contributed by atoms with Gasteiger partial charge in [0.05, 0.1) is 6.10 Å². The van der Waals surface area contributed by atoms with Crippen LogP contribution < -0.4 is 15.4 Å². The highest BCUT2D eigenvalue weighted by Gasteiger charge is 2.29. The lowest BCUT2D eigenvalue weighted by atomic mass is 9.93. The van der Waals surface area contributed by atoms with E-state index in [9.17, 15) is 4.79 Å². The first-order valence-corrected chi connectivity index (χ1v) is 8.51. The zero-order chi connectivity index (χ0) is 18.0. The first kappa shape index (κ1) is 17.2. The Kier molecular flexibility index (Phi) is 4.87. The summed E-state index contributed by atoms with van der Waals surface area (Å²) in [4.78, 5) is 27.4. The molecule has 2 N–H and O–H groups in total. The molecular formula is C17H24N6O2. The first-order chi connectivity index (χ1) is 11.9.